The van der Waals surface area contributed by atoms with Gasteiger partial charge in [-0.1, -0.05) is 23.7 Å². The second-order valence-electron chi connectivity index (χ2n) is 3.90. The Morgan fingerprint density at radius 3 is 2.82 bits per heavy atom. The lowest BCUT2D eigenvalue weighted by Crippen LogP contribution is -2.20. The van der Waals surface area contributed by atoms with Crippen LogP contribution in [0.5, 0.6) is 0 Å². The minimum absolute atomic E-state index is 0.0166. The normalized spacial score (nSPS) is 10.5. The molecule has 0 N–H and O–H groups in total. The fourth-order valence-electron chi connectivity index (χ4n) is 1.59. The molecular weight excluding hydrogens is 349 g/mol. The molecule has 2 rings (SSSR count). The third-order valence-corrected chi connectivity index (χ3v) is 3.88. The highest BCUT2D eigenvalue weighted by Gasteiger charge is 2.02. The van der Waals surface area contributed by atoms with Crippen LogP contribution in [0.4, 0.5) is 0 Å². The second-order valence-corrected chi connectivity index (χ2v) is 5.50. The van der Waals surface area contributed by atoms with Gasteiger partial charge in [0.05, 0.1) is 6.54 Å². The van der Waals surface area contributed by atoms with Crippen molar-refractivity contribution >= 4 is 34.2 Å². The molecule has 0 aliphatic heterocycles. The highest BCUT2D eigenvalue weighted by molar-refractivity contribution is 14.1. The van der Waals surface area contributed by atoms with E-state index in [4.69, 9.17) is 11.6 Å². The molecule has 0 spiro atoms. The van der Waals surface area contributed by atoms with E-state index in [2.05, 4.69) is 22.6 Å². The average Bonchev–Trinajstić information content (AvgIpc) is 2.26. The predicted octanol–water partition coefficient (Wildman–Crippen LogP) is 3.46. The van der Waals surface area contributed by atoms with E-state index in [1.807, 2.05) is 37.4 Å². The summed E-state index contributed by atoms with van der Waals surface area (Å²) in [6, 6.07) is 9.21. The zero-order valence-corrected chi connectivity index (χ0v) is 12.2. The number of benzene rings is 1. The third-order valence-electron chi connectivity index (χ3n) is 2.51. The Bertz CT molecular complexity index is 607. The van der Waals surface area contributed by atoms with Crippen molar-refractivity contribution in [2.24, 2.45) is 0 Å². The van der Waals surface area contributed by atoms with Crippen molar-refractivity contribution in [2.45, 2.75) is 13.5 Å². The molecule has 0 bridgehead atoms. The summed E-state index contributed by atoms with van der Waals surface area (Å²) in [6.07, 6.45) is 1.87. The van der Waals surface area contributed by atoms with Gasteiger partial charge in [0.2, 0.25) is 0 Å². The van der Waals surface area contributed by atoms with Gasteiger partial charge in [0.15, 0.2) is 0 Å². The fourth-order valence-corrected chi connectivity index (χ4v) is 2.30. The summed E-state index contributed by atoms with van der Waals surface area (Å²) in [5.41, 5.74) is 2.06. The van der Waals surface area contributed by atoms with Crippen LogP contribution < -0.4 is 5.56 Å². The molecule has 88 valence electrons. The first-order valence-corrected chi connectivity index (χ1v) is 6.63. The van der Waals surface area contributed by atoms with Crippen LogP contribution >= 0.6 is 34.2 Å². The summed E-state index contributed by atoms with van der Waals surface area (Å²) in [6.45, 7) is 2.49. The molecule has 17 heavy (non-hydrogen) atoms. The molecule has 0 fully saturated rings. The van der Waals surface area contributed by atoms with Gasteiger partial charge in [0.25, 0.3) is 5.56 Å². The zero-order chi connectivity index (χ0) is 12.4. The maximum atomic E-state index is 11.8. The van der Waals surface area contributed by atoms with Gasteiger partial charge in [0, 0.05) is 20.9 Å². The van der Waals surface area contributed by atoms with Gasteiger partial charge in [-0.05, 0) is 52.8 Å². The molecule has 2 aromatic rings. The van der Waals surface area contributed by atoms with Gasteiger partial charge in [0.1, 0.15) is 0 Å². The number of aryl methyl sites for hydroxylation is 1. The van der Waals surface area contributed by atoms with Gasteiger partial charge in [-0.15, -0.1) is 0 Å². The SMILES string of the molecule is Cc1cc(=O)n(Cc2cccc(Cl)c2)cc1I. The Morgan fingerprint density at radius 2 is 2.12 bits per heavy atom. The summed E-state index contributed by atoms with van der Waals surface area (Å²) in [7, 11) is 0. The number of pyridine rings is 1. The number of hydrogen-bond donors (Lipinski definition) is 0. The monoisotopic (exact) mass is 359 g/mol. The van der Waals surface area contributed by atoms with E-state index in [1.54, 1.807) is 10.6 Å². The Kier molecular flexibility index (Phi) is 3.89. The maximum absolute atomic E-state index is 11.8. The quantitative estimate of drug-likeness (QED) is 0.753. The van der Waals surface area contributed by atoms with Crippen LogP contribution in [-0.4, -0.2) is 4.57 Å². The lowest BCUT2D eigenvalue weighted by molar-refractivity contribution is 0.753. The lowest BCUT2D eigenvalue weighted by atomic mass is 10.2. The second kappa shape index (κ2) is 5.23. The number of aromatic nitrogens is 1. The minimum atomic E-state index is 0.0166. The van der Waals surface area contributed by atoms with Crippen LogP contribution in [0.3, 0.4) is 0 Å². The minimum Gasteiger partial charge on any atom is -0.310 e. The third kappa shape index (κ3) is 3.10. The highest BCUT2D eigenvalue weighted by atomic mass is 127. The van der Waals surface area contributed by atoms with Gasteiger partial charge >= 0.3 is 0 Å². The van der Waals surface area contributed by atoms with Crippen molar-refractivity contribution in [1.29, 1.82) is 0 Å². The fraction of sp³-hybridized carbons (Fsp3) is 0.154. The van der Waals surface area contributed by atoms with Crippen molar-refractivity contribution in [2.75, 3.05) is 0 Å². The Labute approximate surface area is 118 Å². The van der Waals surface area contributed by atoms with E-state index in [1.165, 1.54) is 0 Å². The molecule has 0 saturated carbocycles. The Balaban J connectivity index is 2.37. The summed E-state index contributed by atoms with van der Waals surface area (Å²) in [5.74, 6) is 0. The molecule has 0 radical (unpaired) electrons. The summed E-state index contributed by atoms with van der Waals surface area (Å²) in [4.78, 5) is 11.8. The van der Waals surface area contributed by atoms with E-state index < -0.39 is 0 Å². The van der Waals surface area contributed by atoms with Crippen LogP contribution in [0.1, 0.15) is 11.1 Å². The molecule has 0 amide bonds. The van der Waals surface area contributed by atoms with Gasteiger partial charge < -0.3 is 4.57 Å². The zero-order valence-electron chi connectivity index (χ0n) is 9.28. The van der Waals surface area contributed by atoms with Crippen LogP contribution in [0.2, 0.25) is 5.02 Å². The maximum Gasteiger partial charge on any atom is 0.251 e. The van der Waals surface area contributed by atoms with Crippen LogP contribution in [0.25, 0.3) is 0 Å². The first-order chi connectivity index (χ1) is 8.06. The Hall–Kier alpha value is -0.810. The number of nitrogens with zero attached hydrogens (tertiary/aromatic N) is 1. The molecule has 0 unspecified atom stereocenters. The van der Waals surface area contributed by atoms with Gasteiger partial charge in [-0.3, -0.25) is 4.79 Å². The average molecular weight is 360 g/mol. The number of hydrogen-bond acceptors (Lipinski definition) is 1. The van der Waals surface area contributed by atoms with Crippen LogP contribution in [-0.2, 0) is 6.54 Å². The first-order valence-electron chi connectivity index (χ1n) is 5.17. The highest BCUT2D eigenvalue weighted by Crippen LogP contribution is 2.12. The molecule has 2 nitrogen and oxygen atoms in total. The molecule has 4 heteroatoms. The summed E-state index contributed by atoms with van der Waals surface area (Å²) < 4.78 is 2.78. The van der Waals surface area contributed by atoms with E-state index >= 15 is 0 Å². The first kappa shape index (κ1) is 12.6. The molecule has 0 atom stereocenters. The van der Waals surface area contributed by atoms with Crippen molar-refractivity contribution in [3.8, 4) is 0 Å². The standard InChI is InChI=1S/C13H11ClINO/c1-9-5-13(17)16(8-12(9)15)7-10-3-2-4-11(14)6-10/h2-6,8H,7H2,1H3. The van der Waals surface area contributed by atoms with Crippen molar-refractivity contribution in [3.63, 3.8) is 0 Å². The van der Waals surface area contributed by atoms with Crippen molar-refractivity contribution in [3.05, 3.63) is 66.6 Å². The smallest absolute Gasteiger partial charge is 0.251 e. The molecule has 0 aliphatic rings. The molecule has 1 aromatic carbocycles. The predicted molar refractivity (Wildman–Crippen MR) is 78.7 cm³/mol. The van der Waals surface area contributed by atoms with E-state index in [0.29, 0.717) is 11.6 Å². The Morgan fingerprint density at radius 1 is 1.35 bits per heavy atom. The molecule has 0 saturated heterocycles. The molecular formula is C13H11ClINO. The van der Waals surface area contributed by atoms with E-state index in [9.17, 15) is 4.79 Å². The largest absolute Gasteiger partial charge is 0.310 e. The molecule has 1 aromatic heterocycles. The van der Waals surface area contributed by atoms with E-state index in [0.717, 1.165) is 14.7 Å². The van der Waals surface area contributed by atoms with E-state index in [-0.39, 0.29) is 5.56 Å². The van der Waals surface area contributed by atoms with Crippen molar-refractivity contribution < 1.29 is 0 Å². The molecule has 1 heterocycles. The van der Waals surface area contributed by atoms with Crippen LogP contribution in [0.15, 0.2) is 41.3 Å². The summed E-state index contributed by atoms with van der Waals surface area (Å²) >= 11 is 8.15. The summed E-state index contributed by atoms with van der Waals surface area (Å²) in [5, 5.41) is 0.692. The van der Waals surface area contributed by atoms with Crippen LogP contribution in [0, 0.1) is 10.5 Å². The topological polar surface area (TPSA) is 22.0 Å². The number of halogens is 2. The lowest BCUT2D eigenvalue weighted by Gasteiger charge is -2.08. The number of rotatable bonds is 2. The van der Waals surface area contributed by atoms with Gasteiger partial charge in [-0.25, -0.2) is 0 Å². The van der Waals surface area contributed by atoms with Crippen molar-refractivity contribution in [1.82, 2.24) is 4.57 Å². The molecule has 0 aliphatic carbocycles. The van der Waals surface area contributed by atoms with Gasteiger partial charge in [-0.2, -0.15) is 0 Å².